The molecule has 0 bridgehead atoms. The van der Waals surface area contributed by atoms with Gasteiger partial charge in [0.25, 0.3) is 0 Å². The zero-order chi connectivity index (χ0) is 18.4. The lowest BCUT2D eigenvalue weighted by Gasteiger charge is -2.09. The van der Waals surface area contributed by atoms with Crippen LogP contribution in [-0.2, 0) is 9.53 Å². The third kappa shape index (κ3) is 5.05. The van der Waals surface area contributed by atoms with Crippen molar-refractivity contribution in [2.75, 3.05) is 13.7 Å². The van der Waals surface area contributed by atoms with Crippen molar-refractivity contribution in [2.24, 2.45) is 0 Å². The van der Waals surface area contributed by atoms with Crippen LogP contribution in [0, 0.1) is 20.8 Å². The molecule has 25 heavy (non-hydrogen) atoms. The fourth-order valence-electron chi connectivity index (χ4n) is 2.40. The van der Waals surface area contributed by atoms with Gasteiger partial charge in [0.15, 0.2) is 6.61 Å². The van der Waals surface area contributed by atoms with Gasteiger partial charge in [0, 0.05) is 11.6 Å². The minimum Gasteiger partial charge on any atom is -0.497 e. The van der Waals surface area contributed by atoms with Crippen LogP contribution in [0.2, 0.25) is 0 Å². The van der Waals surface area contributed by atoms with E-state index in [1.165, 1.54) is 6.08 Å². The molecule has 0 saturated heterocycles. The average molecular weight is 338 g/mol. The second kappa shape index (κ2) is 8.29. The van der Waals surface area contributed by atoms with Crippen LogP contribution >= 0.6 is 0 Å². The number of carbonyl (C=O) groups is 2. The summed E-state index contributed by atoms with van der Waals surface area (Å²) in [5, 5.41) is 0. The third-order valence-electron chi connectivity index (χ3n) is 4.01. The molecule has 0 amide bonds. The summed E-state index contributed by atoms with van der Waals surface area (Å²) in [4.78, 5) is 24.1. The normalized spacial score (nSPS) is 10.7. The molecule has 2 aromatic rings. The molecule has 4 heteroatoms. The minimum absolute atomic E-state index is 0.202. The van der Waals surface area contributed by atoms with E-state index in [2.05, 4.69) is 0 Å². The van der Waals surface area contributed by atoms with E-state index in [1.807, 2.05) is 45.0 Å². The van der Waals surface area contributed by atoms with E-state index in [-0.39, 0.29) is 12.4 Å². The van der Waals surface area contributed by atoms with Crippen LogP contribution in [0.3, 0.4) is 0 Å². The fraction of sp³-hybridized carbons (Fsp3) is 0.238. The van der Waals surface area contributed by atoms with Crippen molar-refractivity contribution in [1.29, 1.82) is 0 Å². The highest BCUT2D eigenvalue weighted by atomic mass is 16.5. The number of benzene rings is 2. The van der Waals surface area contributed by atoms with Gasteiger partial charge in [-0.3, -0.25) is 4.79 Å². The van der Waals surface area contributed by atoms with Crippen molar-refractivity contribution in [2.45, 2.75) is 20.8 Å². The molecule has 0 fully saturated rings. The monoisotopic (exact) mass is 338 g/mol. The molecule has 2 rings (SSSR count). The van der Waals surface area contributed by atoms with E-state index in [9.17, 15) is 9.59 Å². The van der Waals surface area contributed by atoms with Gasteiger partial charge in [0.05, 0.1) is 7.11 Å². The number of ether oxygens (including phenoxy) is 2. The van der Waals surface area contributed by atoms with Gasteiger partial charge in [-0.15, -0.1) is 0 Å². The summed E-state index contributed by atoms with van der Waals surface area (Å²) in [7, 11) is 1.59. The maximum Gasteiger partial charge on any atom is 0.331 e. The number of methoxy groups -OCH3 is 1. The predicted molar refractivity (Wildman–Crippen MR) is 98.0 cm³/mol. The van der Waals surface area contributed by atoms with E-state index >= 15 is 0 Å². The number of carbonyl (C=O) groups excluding carboxylic acids is 2. The Morgan fingerprint density at radius 3 is 2.24 bits per heavy atom. The molecular weight excluding hydrogens is 316 g/mol. The van der Waals surface area contributed by atoms with E-state index in [0.29, 0.717) is 5.56 Å². The van der Waals surface area contributed by atoms with E-state index in [0.717, 1.165) is 28.0 Å². The Kier molecular flexibility index (Phi) is 6.12. The van der Waals surface area contributed by atoms with Crippen LogP contribution in [0.4, 0.5) is 0 Å². The summed E-state index contributed by atoms with van der Waals surface area (Å²) in [6.07, 6.45) is 2.94. The minimum atomic E-state index is -0.550. The van der Waals surface area contributed by atoms with Crippen LogP contribution in [0.1, 0.15) is 32.6 Å². The Morgan fingerprint density at radius 1 is 0.960 bits per heavy atom. The van der Waals surface area contributed by atoms with Crippen LogP contribution < -0.4 is 4.74 Å². The lowest BCUT2D eigenvalue weighted by molar-refractivity contribution is -0.136. The summed E-state index contributed by atoms with van der Waals surface area (Å²) in [5.74, 6) is -0.00784. The summed E-state index contributed by atoms with van der Waals surface area (Å²) in [5.41, 5.74) is 4.50. The van der Waals surface area contributed by atoms with Gasteiger partial charge in [-0.2, -0.15) is 0 Å². The number of ketones is 1. The van der Waals surface area contributed by atoms with Crippen molar-refractivity contribution >= 4 is 17.8 Å². The second-order valence-corrected chi connectivity index (χ2v) is 5.89. The molecule has 0 aliphatic carbocycles. The van der Waals surface area contributed by atoms with Crippen LogP contribution in [-0.4, -0.2) is 25.5 Å². The van der Waals surface area contributed by atoms with E-state index < -0.39 is 5.97 Å². The number of hydrogen-bond acceptors (Lipinski definition) is 4. The summed E-state index contributed by atoms with van der Waals surface area (Å²) >= 11 is 0. The molecule has 0 aliphatic rings. The molecule has 130 valence electrons. The van der Waals surface area contributed by atoms with Crippen molar-refractivity contribution in [3.63, 3.8) is 0 Å². The molecule has 0 aromatic heterocycles. The van der Waals surface area contributed by atoms with E-state index in [4.69, 9.17) is 9.47 Å². The van der Waals surface area contributed by atoms with Crippen LogP contribution in [0.15, 0.2) is 42.5 Å². The highest BCUT2D eigenvalue weighted by Crippen LogP contribution is 2.16. The molecule has 0 N–H and O–H groups in total. The number of esters is 1. The Hall–Kier alpha value is -2.88. The van der Waals surface area contributed by atoms with E-state index in [1.54, 1.807) is 25.3 Å². The zero-order valence-electron chi connectivity index (χ0n) is 15.0. The smallest absolute Gasteiger partial charge is 0.331 e. The van der Waals surface area contributed by atoms with Crippen molar-refractivity contribution in [3.8, 4) is 5.75 Å². The maximum atomic E-state index is 12.3. The van der Waals surface area contributed by atoms with Gasteiger partial charge >= 0.3 is 5.97 Å². The van der Waals surface area contributed by atoms with Gasteiger partial charge in [-0.25, -0.2) is 4.79 Å². The van der Waals surface area contributed by atoms with Gasteiger partial charge < -0.3 is 9.47 Å². The quantitative estimate of drug-likeness (QED) is 0.453. The standard InChI is InChI=1S/C21H22O4/c1-14-11-16(3)19(12-15(14)2)20(22)13-25-21(23)10-7-17-5-8-18(24-4)9-6-17/h5-12H,13H2,1-4H3/b10-7+. The van der Waals surface area contributed by atoms with Gasteiger partial charge in [-0.05, 0) is 67.3 Å². The molecule has 0 atom stereocenters. The first-order valence-corrected chi connectivity index (χ1v) is 8.00. The Morgan fingerprint density at radius 2 is 1.60 bits per heavy atom. The van der Waals surface area contributed by atoms with Crippen molar-refractivity contribution < 1.29 is 19.1 Å². The summed E-state index contributed by atoms with van der Waals surface area (Å²) < 4.78 is 10.1. The first-order valence-electron chi connectivity index (χ1n) is 8.00. The third-order valence-corrected chi connectivity index (χ3v) is 4.01. The Bertz CT molecular complexity index is 801. The molecule has 0 unspecified atom stereocenters. The molecule has 0 heterocycles. The highest BCUT2D eigenvalue weighted by Gasteiger charge is 2.12. The number of Topliss-reactive ketones (excluding diaryl/α,β-unsaturated/α-hetero) is 1. The van der Waals surface area contributed by atoms with Gasteiger partial charge in [0.1, 0.15) is 5.75 Å². The molecule has 2 aromatic carbocycles. The molecule has 0 aliphatic heterocycles. The van der Waals surface area contributed by atoms with Crippen LogP contribution in [0.25, 0.3) is 6.08 Å². The van der Waals surface area contributed by atoms with Gasteiger partial charge in [-0.1, -0.05) is 18.2 Å². The topological polar surface area (TPSA) is 52.6 Å². The van der Waals surface area contributed by atoms with Crippen LogP contribution in [0.5, 0.6) is 5.75 Å². The Labute approximate surface area is 148 Å². The first kappa shape index (κ1) is 18.5. The summed E-state index contributed by atoms with van der Waals surface area (Å²) in [6.45, 7) is 5.57. The fourth-order valence-corrected chi connectivity index (χ4v) is 2.40. The average Bonchev–Trinajstić information content (AvgIpc) is 2.61. The molecule has 0 spiro atoms. The lowest BCUT2D eigenvalue weighted by atomic mass is 9.98. The van der Waals surface area contributed by atoms with Crippen molar-refractivity contribution in [3.05, 3.63) is 70.3 Å². The maximum absolute atomic E-state index is 12.3. The molecule has 0 saturated carbocycles. The number of rotatable bonds is 6. The highest BCUT2D eigenvalue weighted by molar-refractivity contribution is 6.00. The number of aryl methyl sites for hydroxylation is 3. The molecule has 4 nitrogen and oxygen atoms in total. The van der Waals surface area contributed by atoms with Gasteiger partial charge in [0.2, 0.25) is 5.78 Å². The summed E-state index contributed by atoms with van der Waals surface area (Å²) in [6, 6.07) is 11.1. The lowest BCUT2D eigenvalue weighted by Crippen LogP contribution is -2.14. The SMILES string of the molecule is COc1ccc(/C=C/C(=O)OCC(=O)c2cc(C)c(C)cc2C)cc1. The second-order valence-electron chi connectivity index (χ2n) is 5.89. The Balaban J connectivity index is 1.94. The largest absolute Gasteiger partial charge is 0.497 e. The zero-order valence-corrected chi connectivity index (χ0v) is 15.0. The molecular formula is C21H22O4. The number of hydrogen-bond donors (Lipinski definition) is 0. The van der Waals surface area contributed by atoms with Crippen molar-refractivity contribution in [1.82, 2.24) is 0 Å². The predicted octanol–water partition coefficient (Wildman–Crippen LogP) is 4.06. The first-order chi connectivity index (χ1) is 11.9. The molecule has 0 radical (unpaired) electrons.